The van der Waals surface area contributed by atoms with Crippen LogP contribution in [0.25, 0.3) is 26.6 Å². The molecule has 0 bridgehead atoms. The largest absolute Gasteiger partial charge is 0.319 e. The molecule has 0 aliphatic heterocycles. The number of carbonyl (C=O) groups excluding carboxylic acids is 1. The Balaban J connectivity index is 1.51. The van der Waals surface area contributed by atoms with Crippen molar-refractivity contribution in [1.29, 1.82) is 0 Å². The number of benzene rings is 2. The van der Waals surface area contributed by atoms with Crippen molar-refractivity contribution < 1.29 is 9.18 Å². The molecule has 30 heavy (non-hydrogen) atoms. The number of hydrogen-bond acceptors (Lipinski definition) is 6. The molecule has 3 heterocycles. The Morgan fingerprint density at radius 2 is 2.00 bits per heavy atom. The van der Waals surface area contributed by atoms with Gasteiger partial charge in [0.25, 0.3) is 5.91 Å². The highest BCUT2D eigenvalue weighted by molar-refractivity contribution is 7.18. The number of thiazole rings is 1. The number of hydrogen-bond donors (Lipinski definition) is 1. The summed E-state index contributed by atoms with van der Waals surface area (Å²) in [6, 6.07) is 15.3. The minimum Gasteiger partial charge on any atom is -0.319 e. The van der Waals surface area contributed by atoms with Gasteiger partial charge in [-0.05, 0) is 54.8 Å². The fraction of sp³-hybridized carbons (Fsp3) is 0.0476. The molecule has 2 aromatic carbocycles. The van der Waals surface area contributed by atoms with E-state index < -0.39 is 5.91 Å². The van der Waals surface area contributed by atoms with E-state index in [1.54, 1.807) is 29.5 Å². The Morgan fingerprint density at radius 3 is 2.80 bits per heavy atom. The Bertz CT molecular complexity index is 1370. The summed E-state index contributed by atoms with van der Waals surface area (Å²) in [6.45, 7) is 1.94. The molecule has 0 radical (unpaired) electrons. The lowest BCUT2D eigenvalue weighted by Gasteiger charge is -2.04. The van der Waals surface area contributed by atoms with Gasteiger partial charge in [-0.15, -0.1) is 27.8 Å². The maximum absolute atomic E-state index is 13.8. The van der Waals surface area contributed by atoms with Crippen molar-refractivity contribution in [3.05, 3.63) is 76.6 Å². The SMILES string of the molecule is Cc1nc2ccc(NC(=O)c3nc(-c4cccs4)n(-c4cccc(F)c4)n3)cc2s1. The first-order chi connectivity index (χ1) is 14.6. The lowest BCUT2D eigenvalue weighted by molar-refractivity contribution is 0.101. The summed E-state index contributed by atoms with van der Waals surface area (Å²) in [5, 5.41) is 10.1. The average Bonchev–Trinajstić information content (AvgIpc) is 3.46. The predicted molar refractivity (Wildman–Crippen MR) is 117 cm³/mol. The van der Waals surface area contributed by atoms with E-state index in [-0.39, 0.29) is 11.6 Å². The minimum atomic E-state index is -0.441. The van der Waals surface area contributed by atoms with E-state index in [1.165, 1.54) is 28.2 Å². The molecular weight excluding hydrogens is 421 g/mol. The third-order valence-corrected chi connectivity index (χ3v) is 6.16. The standard InChI is InChI=1S/C21H14FN5OS2/c1-12-23-16-8-7-14(11-18(16)30-12)24-21(28)19-25-20(17-6-3-9-29-17)27(26-19)15-5-2-4-13(22)10-15/h2-11H,1H3,(H,24,28). The molecule has 3 aromatic heterocycles. The average molecular weight is 436 g/mol. The van der Waals surface area contributed by atoms with Crippen LogP contribution in [0.15, 0.2) is 60.0 Å². The fourth-order valence-electron chi connectivity index (χ4n) is 3.07. The number of rotatable bonds is 4. The molecule has 148 valence electrons. The van der Waals surface area contributed by atoms with E-state index in [0.717, 1.165) is 20.1 Å². The molecule has 0 aliphatic carbocycles. The first kappa shape index (κ1) is 18.6. The van der Waals surface area contributed by atoms with Crippen LogP contribution < -0.4 is 5.32 Å². The molecule has 9 heteroatoms. The lowest BCUT2D eigenvalue weighted by Crippen LogP contribution is -2.14. The van der Waals surface area contributed by atoms with Crippen LogP contribution in [-0.2, 0) is 0 Å². The molecule has 5 aromatic rings. The van der Waals surface area contributed by atoms with Gasteiger partial charge in [0.1, 0.15) is 5.82 Å². The van der Waals surface area contributed by atoms with Gasteiger partial charge in [0.05, 0.1) is 25.8 Å². The van der Waals surface area contributed by atoms with Gasteiger partial charge < -0.3 is 5.32 Å². The highest BCUT2D eigenvalue weighted by atomic mass is 32.1. The van der Waals surface area contributed by atoms with Crippen molar-refractivity contribution in [2.45, 2.75) is 6.92 Å². The van der Waals surface area contributed by atoms with E-state index in [4.69, 9.17) is 0 Å². The number of halogens is 1. The summed E-state index contributed by atoms with van der Waals surface area (Å²) < 4.78 is 16.2. The first-order valence-corrected chi connectivity index (χ1v) is 10.7. The molecule has 0 unspecified atom stereocenters. The number of fused-ring (bicyclic) bond motifs is 1. The molecular formula is C21H14FN5OS2. The summed E-state index contributed by atoms with van der Waals surface area (Å²) >= 11 is 3.03. The number of anilines is 1. The summed E-state index contributed by atoms with van der Waals surface area (Å²) in [7, 11) is 0. The minimum absolute atomic E-state index is 0.00300. The number of aromatic nitrogens is 4. The third-order valence-electron chi connectivity index (χ3n) is 4.36. The van der Waals surface area contributed by atoms with Crippen LogP contribution in [0.3, 0.4) is 0 Å². The monoisotopic (exact) mass is 435 g/mol. The Labute approximate surface area is 178 Å². The number of nitrogens with one attached hydrogen (secondary N) is 1. The molecule has 0 spiro atoms. The van der Waals surface area contributed by atoms with Crippen LogP contribution in [0.4, 0.5) is 10.1 Å². The van der Waals surface area contributed by atoms with E-state index in [1.807, 2.05) is 36.6 Å². The third kappa shape index (κ3) is 3.49. The van der Waals surface area contributed by atoms with Gasteiger partial charge >= 0.3 is 0 Å². The van der Waals surface area contributed by atoms with Gasteiger partial charge in [-0.1, -0.05) is 12.1 Å². The lowest BCUT2D eigenvalue weighted by atomic mass is 10.3. The van der Waals surface area contributed by atoms with Gasteiger partial charge in [0.15, 0.2) is 5.82 Å². The van der Waals surface area contributed by atoms with Crippen LogP contribution in [0.5, 0.6) is 0 Å². The normalized spacial score (nSPS) is 11.1. The molecule has 0 saturated heterocycles. The summed E-state index contributed by atoms with van der Waals surface area (Å²) in [4.78, 5) is 22.5. The van der Waals surface area contributed by atoms with Crippen LogP contribution in [-0.4, -0.2) is 25.7 Å². The maximum Gasteiger partial charge on any atom is 0.295 e. The van der Waals surface area contributed by atoms with Gasteiger partial charge in [0.2, 0.25) is 5.82 Å². The molecule has 1 amide bonds. The topological polar surface area (TPSA) is 72.7 Å². The summed E-state index contributed by atoms with van der Waals surface area (Å²) in [5.74, 6) is -0.347. The molecule has 0 atom stereocenters. The molecule has 0 aliphatic rings. The van der Waals surface area contributed by atoms with Crippen molar-refractivity contribution >= 4 is 44.5 Å². The van der Waals surface area contributed by atoms with Crippen LogP contribution in [0, 0.1) is 12.7 Å². The van der Waals surface area contributed by atoms with Crippen LogP contribution >= 0.6 is 22.7 Å². The fourth-order valence-corrected chi connectivity index (χ4v) is 4.63. The first-order valence-electron chi connectivity index (χ1n) is 9.02. The van der Waals surface area contributed by atoms with Crippen LogP contribution in [0.1, 0.15) is 15.6 Å². The highest BCUT2D eigenvalue weighted by Crippen LogP contribution is 2.27. The Hall–Kier alpha value is -3.43. The Kier molecular flexibility index (Phi) is 4.61. The van der Waals surface area contributed by atoms with Gasteiger partial charge in [-0.2, -0.15) is 0 Å². The van der Waals surface area contributed by atoms with Gasteiger partial charge in [-0.3, -0.25) is 4.79 Å². The molecule has 0 saturated carbocycles. The van der Waals surface area contributed by atoms with Crippen molar-refractivity contribution in [2.24, 2.45) is 0 Å². The molecule has 6 nitrogen and oxygen atoms in total. The zero-order chi connectivity index (χ0) is 20.7. The quantitative estimate of drug-likeness (QED) is 0.415. The summed E-state index contributed by atoms with van der Waals surface area (Å²) in [5.41, 5.74) is 2.02. The van der Waals surface area contributed by atoms with E-state index in [9.17, 15) is 9.18 Å². The Morgan fingerprint density at radius 1 is 1.10 bits per heavy atom. The van der Waals surface area contributed by atoms with Gasteiger partial charge in [-0.25, -0.2) is 19.0 Å². The predicted octanol–water partition coefficient (Wildman–Crippen LogP) is 5.31. The zero-order valence-corrected chi connectivity index (χ0v) is 17.3. The van der Waals surface area contributed by atoms with Crippen molar-refractivity contribution in [2.75, 3.05) is 5.32 Å². The van der Waals surface area contributed by atoms with E-state index in [2.05, 4.69) is 20.4 Å². The number of amides is 1. The second-order valence-corrected chi connectivity index (χ2v) is 8.68. The van der Waals surface area contributed by atoms with E-state index in [0.29, 0.717) is 17.2 Å². The van der Waals surface area contributed by atoms with Crippen molar-refractivity contribution in [3.8, 4) is 16.4 Å². The van der Waals surface area contributed by atoms with Gasteiger partial charge in [0, 0.05) is 5.69 Å². The van der Waals surface area contributed by atoms with Crippen molar-refractivity contribution in [3.63, 3.8) is 0 Å². The molecule has 5 rings (SSSR count). The number of nitrogens with zero attached hydrogens (tertiary/aromatic N) is 4. The molecule has 1 N–H and O–H groups in total. The van der Waals surface area contributed by atoms with Crippen LogP contribution in [0.2, 0.25) is 0 Å². The second kappa shape index (κ2) is 7.43. The number of aryl methyl sites for hydroxylation is 1. The smallest absolute Gasteiger partial charge is 0.295 e. The number of carbonyl (C=O) groups is 1. The zero-order valence-electron chi connectivity index (χ0n) is 15.7. The van der Waals surface area contributed by atoms with E-state index >= 15 is 0 Å². The summed E-state index contributed by atoms with van der Waals surface area (Å²) in [6.07, 6.45) is 0. The second-order valence-electron chi connectivity index (χ2n) is 6.50. The van der Waals surface area contributed by atoms with Crippen molar-refractivity contribution in [1.82, 2.24) is 19.7 Å². The molecule has 0 fully saturated rings. The number of thiophene rings is 1. The highest BCUT2D eigenvalue weighted by Gasteiger charge is 2.20. The maximum atomic E-state index is 13.8.